The van der Waals surface area contributed by atoms with Crippen LogP contribution in [-0.2, 0) is 21.3 Å². The monoisotopic (exact) mass is 376 g/mol. The summed E-state index contributed by atoms with van der Waals surface area (Å²) in [6.45, 7) is 6.35. The summed E-state index contributed by atoms with van der Waals surface area (Å²) in [5.74, 6) is 0. The molecule has 2 N–H and O–H groups in total. The SMILES string of the molecule is CCNCc1ccc(Br)c(S(=O)(=O)NC2(C)CCOC2)c1. The van der Waals surface area contributed by atoms with Crippen LogP contribution in [0.25, 0.3) is 0 Å². The van der Waals surface area contributed by atoms with Gasteiger partial charge in [-0.3, -0.25) is 0 Å². The molecule has 1 aliphatic heterocycles. The Labute approximate surface area is 134 Å². The van der Waals surface area contributed by atoms with Gasteiger partial charge in [-0.1, -0.05) is 13.0 Å². The van der Waals surface area contributed by atoms with Crippen molar-refractivity contribution in [3.63, 3.8) is 0 Å². The van der Waals surface area contributed by atoms with Crippen molar-refractivity contribution in [2.24, 2.45) is 0 Å². The smallest absolute Gasteiger partial charge is 0.242 e. The van der Waals surface area contributed by atoms with E-state index in [1.165, 1.54) is 0 Å². The Morgan fingerprint density at radius 2 is 2.19 bits per heavy atom. The van der Waals surface area contributed by atoms with Gasteiger partial charge in [-0.2, -0.15) is 0 Å². The van der Waals surface area contributed by atoms with Gasteiger partial charge in [0.15, 0.2) is 0 Å². The van der Waals surface area contributed by atoms with Gasteiger partial charge in [-0.05, 0) is 53.5 Å². The Balaban J connectivity index is 2.26. The molecule has 1 fully saturated rings. The summed E-state index contributed by atoms with van der Waals surface area (Å²) >= 11 is 3.33. The van der Waals surface area contributed by atoms with Gasteiger partial charge in [0.2, 0.25) is 10.0 Å². The first-order valence-electron chi connectivity index (χ1n) is 6.97. The van der Waals surface area contributed by atoms with Gasteiger partial charge in [0.1, 0.15) is 0 Å². The van der Waals surface area contributed by atoms with Crippen molar-refractivity contribution in [2.45, 2.75) is 37.2 Å². The Morgan fingerprint density at radius 3 is 2.81 bits per heavy atom. The molecular formula is C14H21BrN2O3S. The zero-order valence-electron chi connectivity index (χ0n) is 12.3. The molecule has 0 spiro atoms. The lowest BCUT2D eigenvalue weighted by atomic mass is 10.0. The standard InChI is InChI=1S/C14H21BrN2O3S/c1-3-16-9-11-4-5-12(15)13(8-11)21(18,19)17-14(2)6-7-20-10-14/h4-5,8,16-17H,3,6-7,9-10H2,1-2H3. The lowest BCUT2D eigenvalue weighted by Gasteiger charge is -2.23. The maximum atomic E-state index is 12.6. The van der Waals surface area contributed by atoms with Crippen molar-refractivity contribution >= 4 is 26.0 Å². The molecule has 118 valence electrons. The maximum absolute atomic E-state index is 12.6. The third-order valence-corrected chi connectivity index (χ3v) is 6.10. The van der Waals surface area contributed by atoms with Crippen LogP contribution in [0.1, 0.15) is 25.8 Å². The van der Waals surface area contributed by atoms with Crippen LogP contribution in [0.4, 0.5) is 0 Å². The number of halogens is 1. The number of nitrogens with one attached hydrogen (secondary N) is 2. The van der Waals surface area contributed by atoms with Crippen LogP contribution in [0, 0.1) is 0 Å². The zero-order valence-corrected chi connectivity index (χ0v) is 14.7. The number of hydrogen-bond donors (Lipinski definition) is 2. The van der Waals surface area contributed by atoms with E-state index in [0.717, 1.165) is 12.1 Å². The Kier molecular flexibility index (Phi) is 5.43. The Bertz CT molecular complexity index is 598. The van der Waals surface area contributed by atoms with E-state index in [0.29, 0.717) is 30.7 Å². The number of rotatable bonds is 6. The fourth-order valence-electron chi connectivity index (χ4n) is 2.26. The van der Waals surface area contributed by atoms with Gasteiger partial charge in [-0.25, -0.2) is 13.1 Å². The molecule has 1 aromatic rings. The van der Waals surface area contributed by atoms with Crippen molar-refractivity contribution in [3.05, 3.63) is 28.2 Å². The van der Waals surface area contributed by atoms with Crippen LogP contribution in [0.2, 0.25) is 0 Å². The first kappa shape index (κ1) is 16.9. The number of hydrogen-bond acceptors (Lipinski definition) is 4. The summed E-state index contributed by atoms with van der Waals surface area (Å²) in [5, 5.41) is 3.19. The molecule has 2 rings (SSSR count). The predicted molar refractivity (Wildman–Crippen MR) is 85.7 cm³/mol. The molecule has 0 amide bonds. The highest BCUT2D eigenvalue weighted by atomic mass is 79.9. The molecule has 1 unspecified atom stereocenters. The van der Waals surface area contributed by atoms with Crippen LogP contribution < -0.4 is 10.0 Å². The second-order valence-corrected chi connectivity index (χ2v) is 8.02. The zero-order chi connectivity index (χ0) is 15.5. The lowest BCUT2D eigenvalue weighted by molar-refractivity contribution is 0.178. The average Bonchev–Trinajstić information content (AvgIpc) is 2.83. The van der Waals surface area contributed by atoms with E-state index in [1.807, 2.05) is 19.9 Å². The normalized spacial score (nSPS) is 22.6. The summed E-state index contributed by atoms with van der Waals surface area (Å²) < 4.78 is 33.9. The molecule has 1 atom stereocenters. The van der Waals surface area contributed by atoms with Crippen LogP contribution >= 0.6 is 15.9 Å². The average molecular weight is 377 g/mol. The largest absolute Gasteiger partial charge is 0.379 e. The molecule has 1 aliphatic rings. The van der Waals surface area contributed by atoms with Crippen LogP contribution in [0.15, 0.2) is 27.6 Å². The van der Waals surface area contributed by atoms with Crippen molar-refractivity contribution < 1.29 is 13.2 Å². The Morgan fingerprint density at radius 1 is 1.43 bits per heavy atom. The molecule has 1 saturated heterocycles. The number of ether oxygens (including phenoxy) is 1. The minimum absolute atomic E-state index is 0.269. The van der Waals surface area contributed by atoms with Gasteiger partial charge < -0.3 is 10.1 Å². The minimum atomic E-state index is -3.59. The van der Waals surface area contributed by atoms with E-state index in [-0.39, 0.29) is 4.90 Å². The first-order valence-corrected chi connectivity index (χ1v) is 9.25. The fourth-order valence-corrected chi connectivity index (χ4v) is 4.70. The predicted octanol–water partition coefficient (Wildman–Crippen LogP) is 2.02. The molecule has 1 heterocycles. The van der Waals surface area contributed by atoms with E-state index in [9.17, 15) is 8.42 Å². The second-order valence-electron chi connectivity index (χ2n) is 5.51. The van der Waals surface area contributed by atoms with Crippen LogP contribution in [0.3, 0.4) is 0 Å². The van der Waals surface area contributed by atoms with Crippen molar-refractivity contribution in [3.8, 4) is 0 Å². The second kappa shape index (κ2) is 6.75. The molecule has 0 radical (unpaired) electrons. The third kappa shape index (κ3) is 4.26. The molecule has 1 aromatic carbocycles. The van der Waals surface area contributed by atoms with Crippen molar-refractivity contribution in [1.29, 1.82) is 0 Å². The lowest BCUT2D eigenvalue weighted by Crippen LogP contribution is -2.46. The molecule has 0 saturated carbocycles. The highest BCUT2D eigenvalue weighted by Gasteiger charge is 2.35. The molecule has 0 aliphatic carbocycles. The van der Waals surface area contributed by atoms with E-state index in [4.69, 9.17) is 4.74 Å². The summed E-state index contributed by atoms with van der Waals surface area (Å²) in [5.41, 5.74) is 0.406. The minimum Gasteiger partial charge on any atom is -0.379 e. The Hall–Kier alpha value is -0.470. The van der Waals surface area contributed by atoms with Crippen molar-refractivity contribution in [2.75, 3.05) is 19.8 Å². The molecule has 5 nitrogen and oxygen atoms in total. The highest BCUT2D eigenvalue weighted by molar-refractivity contribution is 9.10. The van der Waals surface area contributed by atoms with Gasteiger partial charge in [0.25, 0.3) is 0 Å². The van der Waals surface area contributed by atoms with Crippen LogP contribution in [0.5, 0.6) is 0 Å². The van der Waals surface area contributed by atoms with E-state index >= 15 is 0 Å². The molecule has 21 heavy (non-hydrogen) atoms. The summed E-state index contributed by atoms with van der Waals surface area (Å²) in [4.78, 5) is 0.269. The maximum Gasteiger partial charge on any atom is 0.242 e. The van der Waals surface area contributed by atoms with Gasteiger partial charge >= 0.3 is 0 Å². The van der Waals surface area contributed by atoms with Gasteiger partial charge in [0, 0.05) is 17.6 Å². The molecule has 7 heteroatoms. The molecular weight excluding hydrogens is 356 g/mol. The van der Waals surface area contributed by atoms with E-state index in [2.05, 4.69) is 26.0 Å². The van der Waals surface area contributed by atoms with E-state index in [1.54, 1.807) is 12.1 Å². The summed E-state index contributed by atoms with van der Waals surface area (Å²) in [7, 11) is -3.59. The summed E-state index contributed by atoms with van der Waals surface area (Å²) in [6, 6.07) is 5.38. The fraction of sp³-hybridized carbons (Fsp3) is 0.571. The molecule has 0 bridgehead atoms. The third-order valence-electron chi connectivity index (χ3n) is 3.46. The first-order chi connectivity index (χ1) is 9.86. The number of sulfonamides is 1. The molecule has 0 aromatic heterocycles. The van der Waals surface area contributed by atoms with Crippen molar-refractivity contribution in [1.82, 2.24) is 10.0 Å². The van der Waals surface area contributed by atoms with Crippen LogP contribution in [-0.4, -0.2) is 33.7 Å². The van der Waals surface area contributed by atoms with Gasteiger partial charge in [-0.15, -0.1) is 0 Å². The van der Waals surface area contributed by atoms with E-state index < -0.39 is 15.6 Å². The summed E-state index contributed by atoms with van der Waals surface area (Å²) in [6.07, 6.45) is 0.681. The highest BCUT2D eigenvalue weighted by Crippen LogP contribution is 2.26. The quantitative estimate of drug-likeness (QED) is 0.796. The topological polar surface area (TPSA) is 67.4 Å². The van der Waals surface area contributed by atoms with Gasteiger partial charge in [0.05, 0.1) is 17.0 Å². The number of benzene rings is 1.